The monoisotopic (exact) mass is 243 g/mol. The molecule has 1 aliphatic rings. The zero-order chi connectivity index (χ0) is 13.1. The van der Waals surface area contributed by atoms with Gasteiger partial charge in [0.05, 0.1) is 11.3 Å². The Morgan fingerprint density at radius 2 is 2.22 bits per heavy atom. The first-order valence-corrected chi connectivity index (χ1v) is 6.67. The summed E-state index contributed by atoms with van der Waals surface area (Å²) in [5.41, 5.74) is 9.13. The minimum absolute atomic E-state index is 0.136. The lowest BCUT2D eigenvalue weighted by molar-refractivity contribution is 0.413. The van der Waals surface area contributed by atoms with Gasteiger partial charge in [0, 0.05) is 18.6 Å². The van der Waals surface area contributed by atoms with Gasteiger partial charge < -0.3 is 10.6 Å². The van der Waals surface area contributed by atoms with Gasteiger partial charge in [-0.25, -0.2) is 0 Å². The largest absolute Gasteiger partial charge is 0.366 e. The number of nitrogens with two attached hydrogens (primary N) is 1. The number of benzene rings is 1. The van der Waals surface area contributed by atoms with Crippen LogP contribution in [0, 0.1) is 18.3 Å². The maximum absolute atomic E-state index is 9.29. The van der Waals surface area contributed by atoms with Crippen LogP contribution in [0.3, 0.4) is 0 Å². The fourth-order valence-electron chi connectivity index (χ4n) is 2.91. The summed E-state index contributed by atoms with van der Waals surface area (Å²) >= 11 is 0. The van der Waals surface area contributed by atoms with E-state index in [9.17, 15) is 5.26 Å². The van der Waals surface area contributed by atoms with Crippen molar-refractivity contribution in [1.29, 1.82) is 5.26 Å². The Morgan fingerprint density at radius 3 is 2.89 bits per heavy atom. The van der Waals surface area contributed by atoms with Gasteiger partial charge in [-0.3, -0.25) is 0 Å². The molecule has 0 aliphatic carbocycles. The molecule has 18 heavy (non-hydrogen) atoms. The molecule has 0 bridgehead atoms. The molecule has 2 atom stereocenters. The van der Waals surface area contributed by atoms with Gasteiger partial charge in [-0.15, -0.1) is 0 Å². The second-order valence-corrected chi connectivity index (χ2v) is 5.20. The van der Waals surface area contributed by atoms with Crippen molar-refractivity contribution in [3.63, 3.8) is 0 Å². The van der Waals surface area contributed by atoms with Gasteiger partial charge in [-0.05, 0) is 44.7 Å². The van der Waals surface area contributed by atoms with E-state index in [1.165, 1.54) is 18.4 Å². The van der Waals surface area contributed by atoms with E-state index in [1.807, 2.05) is 12.1 Å². The van der Waals surface area contributed by atoms with Crippen molar-refractivity contribution in [3.8, 4) is 6.07 Å². The molecule has 0 radical (unpaired) electrons. The summed E-state index contributed by atoms with van der Waals surface area (Å²) in [6.45, 7) is 5.14. The van der Waals surface area contributed by atoms with E-state index in [-0.39, 0.29) is 6.04 Å². The summed E-state index contributed by atoms with van der Waals surface area (Å²) in [4.78, 5) is 2.35. The van der Waals surface area contributed by atoms with E-state index >= 15 is 0 Å². The predicted molar refractivity (Wildman–Crippen MR) is 74.5 cm³/mol. The van der Waals surface area contributed by atoms with Crippen LogP contribution in [-0.4, -0.2) is 18.6 Å². The molecule has 0 aromatic heterocycles. The summed E-state index contributed by atoms with van der Waals surface area (Å²) < 4.78 is 0. The number of para-hydroxylation sites is 1. The number of anilines is 1. The van der Waals surface area contributed by atoms with E-state index in [2.05, 4.69) is 30.9 Å². The first kappa shape index (κ1) is 12.9. The summed E-state index contributed by atoms with van der Waals surface area (Å²) in [6.07, 6.45) is 3.54. The molecule has 96 valence electrons. The van der Waals surface area contributed by atoms with Gasteiger partial charge in [0.2, 0.25) is 0 Å². The molecule has 2 rings (SSSR count). The Hall–Kier alpha value is -1.53. The van der Waals surface area contributed by atoms with Crippen LogP contribution < -0.4 is 10.6 Å². The molecule has 1 saturated heterocycles. The molecule has 2 unspecified atom stereocenters. The average Bonchev–Trinajstić information content (AvgIpc) is 2.38. The third kappa shape index (κ3) is 2.34. The lowest BCUT2D eigenvalue weighted by Crippen LogP contribution is -2.49. The molecular weight excluding hydrogens is 222 g/mol. The number of piperidine rings is 1. The second kappa shape index (κ2) is 5.41. The van der Waals surface area contributed by atoms with E-state index in [0.29, 0.717) is 6.04 Å². The molecular formula is C15H21N3. The predicted octanol–water partition coefficient (Wildman–Crippen LogP) is 2.57. The fourth-order valence-corrected chi connectivity index (χ4v) is 2.91. The van der Waals surface area contributed by atoms with Gasteiger partial charge in [0.15, 0.2) is 0 Å². The molecule has 1 fully saturated rings. The van der Waals surface area contributed by atoms with Gasteiger partial charge >= 0.3 is 0 Å². The summed E-state index contributed by atoms with van der Waals surface area (Å²) in [5.74, 6) is 0. The van der Waals surface area contributed by atoms with Crippen LogP contribution in [0.5, 0.6) is 0 Å². The number of nitriles is 1. The Morgan fingerprint density at radius 1 is 1.44 bits per heavy atom. The summed E-state index contributed by atoms with van der Waals surface area (Å²) in [5, 5.41) is 9.29. The van der Waals surface area contributed by atoms with Crippen molar-refractivity contribution in [2.24, 2.45) is 5.73 Å². The van der Waals surface area contributed by atoms with E-state index in [4.69, 9.17) is 5.73 Å². The molecule has 3 nitrogen and oxygen atoms in total. The van der Waals surface area contributed by atoms with Crippen LogP contribution in [0.4, 0.5) is 5.69 Å². The third-order valence-corrected chi connectivity index (χ3v) is 3.80. The summed E-state index contributed by atoms with van der Waals surface area (Å²) in [6, 6.07) is 8.72. The van der Waals surface area contributed by atoms with Crippen molar-refractivity contribution >= 4 is 5.69 Å². The molecule has 1 aromatic carbocycles. The highest BCUT2D eigenvalue weighted by molar-refractivity contribution is 5.64. The van der Waals surface area contributed by atoms with E-state index < -0.39 is 0 Å². The number of hydrogen-bond donors (Lipinski definition) is 1. The van der Waals surface area contributed by atoms with Crippen molar-refractivity contribution in [2.75, 3.05) is 11.4 Å². The van der Waals surface area contributed by atoms with E-state index in [0.717, 1.165) is 24.2 Å². The second-order valence-electron chi connectivity index (χ2n) is 5.20. The van der Waals surface area contributed by atoms with E-state index in [1.54, 1.807) is 0 Å². The highest BCUT2D eigenvalue weighted by atomic mass is 15.2. The normalized spacial score (nSPS) is 21.4. The zero-order valence-corrected chi connectivity index (χ0v) is 11.2. The molecule has 2 N–H and O–H groups in total. The number of rotatable bonds is 2. The molecule has 0 saturated carbocycles. The van der Waals surface area contributed by atoms with Crippen molar-refractivity contribution < 1.29 is 0 Å². The van der Waals surface area contributed by atoms with Crippen LogP contribution in [0.15, 0.2) is 18.2 Å². The molecule has 0 spiro atoms. The van der Waals surface area contributed by atoms with Crippen molar-refractivity contribution in [1.82, 2.24) is 0 Å². The third-order valence-electron chi connectivity index (χ3n) is 3.80. The highest BCUT2D eigenvalue weighted by Crippen LogP contribution is 2.31. The van der Waals surface area contributed by atoms with Crippen LogP contribution in [0.25, 0.3) is 0 Å². The number of hydrogen-bond acceptors (Lipinski definition) is 3. The minimum atomic E-state index is 0.136. The van der Waals surface area contributed by atoms with Crippen LogP contribution in [0.2, 0.25) is 0 Å². The lowest BCUT2D eigenvalue weighted by atomic mass is 9.94. The first-order chi connectivity index (χ1) is 8.65. The Kier molecular flexibility index (Phi) is 3.88. The van der Waals surface area contributed by atoms with Crippen LogP contribution >= 0.6 is 0 Å². The molecule has 3 heteroatoms. The van der Waals surface area contributed by atoms with Crippen molar-refractivity contribution in [3.05, 3.63) is 29.3 Å². The van der Waals surface area contributed by atoms with Gasteiger partial charge in [-0.2, -0.15) is 5.26 Å². The minimum Gasteiger partial charge on any atom is -0.366 e. The standard InChI is InChI=1S/C15H21N3/c1-11-6-5-7-13(10-16)15(11)18-9-4-3-8-14(18)12(2)17/h5-7,12,14H,3-4,8-9,17H2,1-2H3. The lowest BCUT2D eigenvalue weighted by Gasteiger charge is -2.41. The highest BCUT2D eigenvalue weighted by Gasteiger charge is 2.27. The van der Waals surface area contributed by atoms with Crippen LogP contribution in [0.1, 0.15) is 37.3 Å². The topological polar surface area (TPSA) is 53.0 Å². The van der Waals surface area contributed by atoms with Crippen molar-refractivity contribution in [2.45, 2.75) is 45.2 Å². The fraction of sp³-hybridized carbons (Fsp3) is 0.533. The van der Waals surface area contributed by atoms with Gasteiger partial charge in [0.25, 0.3) is 0 Å². The summed E-state index contributed by atoms with van der Waals surface area (Å²) in [7, 11) is 0. The van der Waals surface area contributed by atoms with Crippen LogP contribution in [-0.2, 0) is 0 Å². The Labute approximate surface area is 109 Å². The number of aryl methyl sites for hydroxylation is 1. The maximum atomic E-state index is 9.29. The Bertz CT molecular complexity index is 459. The van der Waals surface area contributed by atoms with Gasteiger partial charge in [-0.1, -0.05) is 12.1 Å². The molecule has 1 heterocycles. The average molecular weight is 243 g/mol. The Balaban J connectivity index is 2.43. The zero-order valence-electron chi connectivity index (χ0n) is 11.2. The SMILES string of the molecule is Cc1cccc(C#N)c1N1CCCCC1C(C)N. The quantitative estimate of drug-likeness (QED) is 0.868. The number of nitrogens with zero attached hydrogens (tertiary/aromatic N) is 2. The van der Waals surface area contributed by atoms with Gasteiger partial charge in [0.1, 0.15) is 6.07 Å². The molecule has 1 aromatic rings. The smallest absolute Gasteiger partial charge is 0.101 e. The maximum Gasteiger partial charge on any atom is 0.101 e. The molecule has 1 aliphatic heterocycles. The first-order valence-electron chi connectivity index (χ1n) is 6.67. The molecule has 0 amide bonds.